The van der Waals surface area contributed by atoms with Gasteiger partial charge in [0.25, 0.3) is 0 Å². The summed E-state index contributed by atoms with van der Waals surface area (Å²) in [5, 5.41) is 9.17. The number of ether oxygens (including phenoxy) is 1. The van der Waals surface area contributed by atoms with Gasteiger partial charge in [0.2, 0.25) is 0 Å². The molecule has 0 amide bonds. The Kier molecular flexibility index (Phi) is 5.08. The second-order valence-corrected chi connectivity index (χ2v) is 8.83. The first-order valence-corrected chi connectivity index (χ1v) is 11.2. The van der Waals surface area contributed by atoms with Gasteiger partial charge in [-0.3, -0.25) is 9.59 Å². The lowest BCUT2D eigenvalue weighted by Gasteiger charge is -2.32. The van der Waals surface area contributed by atoms with E-state index in [4.69, 9.17) is 4.74 Å². The van der Waals surface area contributed by atoms with E-state index in [9.17, 15) is 9.59 Å². The molecule has 3 atom stereocenters. The smallest absolute Gasteiger partial charge is 0.308 e. The van der Waals surface area contributed by atoms with Crippen molar-refractivity contribution in [3.63, 3.8) is 0 Å². The zero-order valence-electron chi connectivity index (χ0n) is 17.0. The lowest BCUT2D eigenvalue weighted by molar-refractivity contribution is -0.131. The fourth-order valence-electron chi connectivity index (χ4n) is 4.38. The highest BCUT2D eigenvalue weighted by molar-refractivity contribution is 7.10. The molecule has 0 bridgehead atoms. The van der Waals surface area contributed by atoms with Crippen molar-refractivity contribution in [1.82, 2.24) is 0 Å². The van der Waals surface area contributed by atoms with Crippen LogP contribution in [0, 0.1) is 5.92 Å². The number of esters is 1. The van der Waals surface area contributed by atoms with Crippen LogP contribution in [-0.4, -0.2) is 11.8 Å². The van der Waals surface area contributed by atoms with E-state index in [1.54, 1.807) is 23.5 Å². The number of anilines is 2. The lowest BCUT2D eigenvalue weighted by Crippen LogP contribution is -2.33. The van der Waals surface area contributed by atoms with Crippen molar-refractivity contribution in [2.75, 3.05) is 10.6 Å². The molecule has 2 aromatic carbocycles. The van der Waals surface area contributed by atoms with Crippen molar-refractivity contribution in [2.24, 2.45) is 5.92 Å². The van der Waals surface area contributed by atoms with E-state index in [0.29, 0.717) is 12.2 Å². The quantitative estimate of drug-likeness (QED) is 0.424. The van der Waals surface area contributed by atoms with Crippen LogP contribution in [0.5, 0.6) is 5.75 Å². The zero-order chi connectivity index (χ0) is 21.4. The molecule has 3 unspecified atom stereocenters. The molecule has 0 spiro atoms. The van der Waals surface area contributed by atoms with Crippen molar-refractivity contribution < 1.29 is 14.3 Å². The Morgan fingerprint density at radius 3 is 2.52 bits per heavy atom. The van der Waals surface area contributed by atoms with Gasteiger partial charge >= 0.3 is 5.97 Å². The van der Waals surface area contributed by atoms with Crippen molar-refractivity contribution >= 4 is 34.5 Å². The zero-order valence-corrected chi connectivity index (χ0v) is 17.8. The number of carbonyl (C=O) groups is 2. The highest BCUT2D eigenvalue weighted by atomic mass is 32.1. The molecule has 0 saturated carbocycles. The predicted molar refractivity (Wildman–Crippen MR) is 122 cm³/mol. The van der Waals surface area contributed by atoms with Crippen molar-refractivity contribution in [3.05, 3.63) is 88.3 Å². The molecule has 31 heavy (non-hydrogen) atoms. The summed E-state index contributed by atoms with van der Waals surface area (Å²) in [6.45, 7) is 1.38. The minimum absolute atomic E-state index is 0.0866. The monoisotopic (exact) mass is 430 g/mol. The molecule has 1 aliphatic carbocycles. The molecule has 2 N–H and O–H groups in total. The van der Waals surface area contributed by atoms with Crippen LogP contribution in [-0.2, 0) is 9.59 Å². The lowest BCUT2D eigenvalue weighted by atomic mass is 9.78. The Morgan fingerprint density at radius 1 is 1.03 bits per heavy atom. The van der Waals surface area contributed by atoms with Crippen LogP contribution in [0.2, 0.25) is 0 Å². The van der Waals surface area contributed by atoms with Gasteiger partial charge in [-0.05, 0) is 41.3 Å². The largest absolute Gasteiger partial charge is 0.427 e. The Hall–Kier alpha value is -3.38. The first kappa shape index (κ1) is 19.6. The topological polar surface area (TPSA) is 67.4 Å². The first-order chi connectivity index (χ1) is 15.1. The molecule has 3 aromatic rings. The number of thiophene rings is 1. The second-order valence-electron chi connectivity index (χ2n) is 7.85. The number of benzene rings is 2. The van der Waals surface area contributed by atoms with Gasteiger partial charge in [0.05, 0.1) is 23.3 Å². The highest BCUT2D eigenvalue weighted by Gasteiger charge is 2.39. The van der Waals surface area contributed by atoms with E-state index < -0.39 is 0 Å². The van der Waals surface area contributed by atoms with Crippen LogP contribution < -0.4 is 15.4 Å². The van der Waals surface area contributed by atoms with Crippen LogP contribution in [0.1, 0.15) is 35.7 Å². The standard InChI is InChI=1S/C25H22N2O3S/c1-15(28)30-18-10-8-16(9-11-18)25-24-21(26-19-5-2-3-6-20(19)27-25)13-17(14-22(24)29)23-7-4-12-31-23/h2-13,17,24-27H,14H2,1H3. The van der Waals surface area contributed by atoms with Gasteiger partial charge in [0.15, 0.2) is 0 Å². The molecule has 5 nitrogen and oxygen atoms in total. The number of carbonyl (C=O) groups excluding carboxylic acids is 2. The number of Topliss-reactive ketones (excluding diaryl/α,β-unsaturated/α-hetero) is 1. The maximum Gasteiger partial charge on any atom is 0.308 e. The molecule has 0 saturated heterocycles. The van der Waals surface area contributed by atoms with Gasteiger partial charge in [0.1, 0.15) is 11.5 Å². The molecular weight excluding hydrogens is 408 g/mol. The molecule has 0 radical (unpaired) electrons. The summed E-state index contributed by atoms with van der Waals surface area (Å²) in [5.74, 6) is 0.0992. The fraction of sp³-hybridized carbons (Fsp3) is 0.200. The fourth-order valence-corrected chi connectivity index (χ4v) is 5.17. The molecule has 6 heteroatoms. The number of rotatable bonds is 3. The number of allylic oxidation sites excluding steroid dienone is 1. The molecular formula is C25H22N2O3S. The minimum atomic E-state index is -0.356. The number of hydrogen-bond donors (Lipinski definition) is 2. The van der Waals surface area contributed by atoms with E-state index in [2.05, 4.69) is 28.2 Å². The van der Waals surface area contributed by atoms with E-state index in [-0.39, 0.29) is 29.6 Å². The van der Waals surface area contributed by atoms with Crippen LogP contribution in [0.3, 0.4) is 0 Å². The van der Waals surface area contributed by atoms with Crippen LogP contribution in [0.15, 0.2) is 77.8 Å². The van der Waals surface area contributed by atoms with E-state index in [1.165, 1.54) is 11.8 Å². The third-order valence-corrected chi connectivity index (χ3v) is 6.75. The molecule has 156 valence electrons. The molecule has 5 rings (SSSR count). The van der Waals surface area contributed by atoms with Crippen molar-refractivity contribution in [2.45, 2.75) is 25.3 Å². The van der Waals surface area contributed by atoms with Crippen molar-refractivity contribution in [1.29, 1.82) is 0 Å². The van der Waals surface area contributed by atoms with Gasteiger partial charge in [0, 0.05) is 29.8 Å². The third-order valence-electron chi connectivity index (χ3n) is 5.74. The summed E-state index contributed by atoms with van der Waals surface area (Å²) in [7, 11) is 0. The van der Waals surface area contributed by atoms with Crippen LogP contribution in [0.25, 0.3) is 0 Å². The molecule has 2 heterocycles. The molecule has 2 aliphatic rings. The summed E-state index contributed by atoms with van der Waals surface area (Å²) in [6, 6.07) is 19.3. The summed E-state index contributed by atoms with van der Waals surface area (Å²) in [6.07, 6.45) is 2.69. The minimum Gasteiger partial charge on any atom is -0.427 e. The number of para-hydroxylation sites is 2. The van der Waals surface area contributed by atoms with Crippen LogP contribution in [0.4, 0.5) is 11.4 Å². The number of ketones is 1. The molecule has 1 aliphatic heterocycles. The normalized spacial score (nSPS) is 22.2. The number of fused-ring (bicyclic) bond motifs is 2. The average Bonchev–Trinajstić information content (AvgIpc) is 3.23. The van der Waals surface area contributed by atoms with E-state index >= 15 is 0 Å². The van der Waals surface area contributed by atoms with Gasteiger partial charge < -0.3 is 15.4 Å². The molecule has 1 aromatic heterocycles. The summed E-state index contributed by atoms with van der Waals surface area (Å²) in [5.41, 5.74) is 3.80. The maximum absolute atomic E-state index is 13.4. The van der Waals surface area contributed by atoms with Crippen molar-refractivity contribution in [3.8, 4) is 5.75 Å². The number of hydrogen-bond acceptors (Lipinski definition) is 6. The van der Waals surface area contributed by atoms with Gasteiger partial charge in [-0.15, -0.1) is 11.3 Å². The SMILES string of the molecule is CC(=O)Oc1ccc(C2Nc3ccccc3NC3=CC(c4cccs4)CC(=O)C32)cc1. The second kappa shape index (κ2) is 8.04. The highest BCUT2D eigenvalue weighted by Crippen LogP contribution is 2.45. The summed E-state index contributed by atoms with van der Waals surface area (Å²) < 4.78 is 5.17. The predicted octanol–water partition coefficient (Wildman–Crippen LogP) is 5.51. The Morgan fingerprint density at radius 2 is 1.81 bits per heavy atom. The third kappa shape index (κ3) is 3.86. The Labute approximate surface area is 184 Å². The Balaban J connectivity index is 1.57. The summed E-state index contributed by atoms with van der Waals surface area (Å²) >= 11 is 1.68. The van der Waals surface area contributed by atoms with Crippen LogP contribution >= 0.6 is 11.3 Å². The van der Waals surface area contributed by atoms with Gasteiger partial charge in [-0.25, -0.2) is 0 Å². The molecule has 0 fully saturated rings. The van der Waals surface area contributed by atoms with E-state index in [1.807, 2.05) is 42.5 Å². The summed E-state index contributed by atoms with van der Waals surface area (Å²) in [4.78, 5) is 25.9. The average molecular weight is 431 g/mol. The number of nitrogens with one attached hydrogen (secondary N) is 2. The first-order valence-electron chi connectivity index (χ1n) is 10.3. The van der Waals surface area contributed by atoms with Gasteiger partial charge in [-0.1, -0.05) is 36.4 Å². The van der Waals surface area contributed by atoms with E-state index in [0.717, 1.165) is 22.6 Å². The Bertz CT molecular complexity index is 1150. The van der Waals surface area contributed by atoms with Gasteiger partial charge in [-0.2, -0.15) is 0 Å². The maximum atomic E-state index is 13.4.